The quantitative estimate of drug-likeness (QED) is 0.843. The van der Waals surface area contributed by atoms with Crippen LogP contribution in [0.3, 0.4) is 0 Å². The Balaban J connectivity index is 2.35. The average Bonchev–Trinajstić information content (AvgIpc) is 2.24. The fraction of sp³-hybridized carbons (Fsp3) is 0.455. The van der Waals surface area contributed by atoms with Crippen LogP contribution in [-0.4, -0.2) is 30.1 Å². The summed E-state index contributed by atoms with van der Waals surface area (Å²) in [5.41, 5.74) is 0.541. The van der Waals surface area contributed by atoms with Crippen molar-refractivity contribution >= 4 is 21.8 Å². The minimum absolute atomic E-state index is 0.138. The maximum atomic E-state index is 11.6. The summed E-state index contributed by atoms with van der Waals surface area (Å²) < 4.78 is 6.10. The van der Waals surface area contributed by atoms with Gasteiger partial charge in [0, 0.05) is 23.4 Å². The highest BCUT2D eigenvalue weighted by Gasteiger charge is 2.05. The Morgan fingerprint density at radius 2 is 2.31 bits per heavy atom. The summed E-state index contributed by atoms with van der Waals surface area (Å²) >= 11 is 3.26. The van der Waals surface area contributed by atoms with Gasteiger partial charge in [0.05, 0.1) is 18.3 Å². The Labute approximate surface area is 104 Å². The maximum absolute atomic E-state index is 11.6. The van der Waals surface area contributed by atoms with Gasteiger partial charge in [-0.15, -0.1) is 0 Å². The van der Waals surface area contributed by atoms with Crippen molar-refractivity contribution in [2.45, 2.75) is 20.0 Å². The van der Waals surface area contributed by atoms with Crippen LogP contribution in [0.15, 0.2) is 22.9 Å². The lowest BCUT2D eigenvalue weighted by molar-refractivity contribution is 0.0746. The molecule has 0 aromatic carbocycles. The van der Waals surface area contributed by atoms with E-state index in [2.05, 4.69) is 26.2 Å². The van der Waals surface area contributed by atoms with Gasteiger partial charge >= 0.3 is 0 Å². The number of ether oxygens (including phenoxy) is 1. The molecule has 0 aliphatic heterocycles. The molecule has 0 aliphatic rings. The minimum Gasteiger partial charge on any atom is -0.377 e. The standard InChI is InChI=1S/C11H15BrN2O2/c1-8(2)16-4-3-14-11(15)9-5-10(12)7-13-6-9/h5-8H,3-4H2,1-2H3,(H,14,15). The highest BCUT2D eigenvalue weighted by Crippen LogP contribution is 2.09. The predicted octanol–water partition coefficient (Wildman–Crippen LogP) is 2.00. The van der Waals surface area contributed by atoms with Crippen LogP contribution >= 0.6 is 15.9 Å². The third-order valence-corrected chi connectivity index (χ3v) is 2.24. The van der Waals surface area contributed by atoms with Crippen molar-refractivity contribution in [1.82, 2.24) is 10.3 Å². The molecular weight excluding hydrogens is 272 g/mol. The van der Waals surface area contributed by atoms with Crippen molar-refractivity contribution in [3.05, 3.63) is 28.5 Å². The fourth-order valence-electron chi connectivity index (χ4n) is 1.10. The summed E-state index contributed by atoms with van der Waals surface area (Å²) in [6.07, 6.45) is 3.35. The Kier molecular flexibility index (Phi) is 5.42. The summed E-state index contributed by atoms with van der Waals surface area (Å²) in [4.78, 5) is 15.5. The second kappa shape index (κ2) is 6.60. The van der Waals surface area contributed by atoms with Crippen LogP contribution in [0, 0.1) is 0 Å². The van der Waals surface area contributed by atoms with E-state index >= 15 is 0 Å². The molecule has 0 unspecified atom stereocenters. The number of amides is 1. The normalized spacial score (nSPS) is 10.5. The van der Waals surface area contributed by atoms with Crippen molar-refractivity contribution < 1.29 is 9.53 Å². The van der Waals surface area contributed by atoms with Gasteiger partial charge in [-0.3, -0.25) is 9.78 Å². The summed E-state index contributed by atoms with van der Waals surface area (Å²) in [7, 11) is 0. The number of hydrogen-bond donors (Lipinski definition) is 1. The van der Waals surface area contributed by atoms with Gasteiger partial charge in [0.15, 0.2) is 0 Å². The average molecular weight is 287 g/mol. The zero-order valence-corrected chi connectivity index (χ0v) is 11.0. The second-order valence-corrected chi connectivity index (χ2v) is 4.48. The summed E-state index contributed by atoms with van der Waals surface area (Å²) in [5.74, 6) is -0.138. The first-order chi connectivity index (χ1) is 7.59. The maximum Gasteiger partial charge on any atom is 0.252 e. The molecule has 0 saturated heterocycles. The van der Waals surface area contributed by atoms with Gasteiger partial charge in [-0.25, -0.2) is 0 Å². The highest BCUT2D eigenvalue weighted by molar-refractivity contribution is 9.10. The number of hydrogen-bond acceptors (Lipinski definition) is 3. The molecule has 1 aromatic heterocycles. The van der Waals surface area contributed by atoms with Crippen LogP contribution in [0.1, 0.15) is 24.2 Å². The molecule has 1 N–H and O–H groups in total. The lowest BCUT2D eigenvalue weighted by atomic mass is 10.3. The smallest absolute Gasteiger partial charge is 0.252 e. The first-order valence-electron chi connectivity index (χ1n) is 5.10. The molecule has 1 rings (SSSR count). The number of rotatable bonds is 5. The van der Waals surface area contributed by atoms with Gasteiger partial charge in [0.2, 0.25) is 0 Å². The van der Waals surface area contributed by atoms with Crippen molar-refractivity contribution in [2.24, 2.45) is 0 Å². The molecule has 0 atom stereocenters. The summed E-state index contributed by atoms with van der Waals surface area (Å²) in [5, 5.41) is 2.76. The van der Waals surface area contributed by atoms with E-state index in [-0.39, 0.29) is 12.0 Å². The Hall–Kier alpha value is -0.940. The van der Waals surface area contributed by atoms with E-state index in [0.29, 0.717) is 18.7 Å². The molecule has 1 aromatic rings. The number of aromatic nitrogens is 1. The van der Waals surface area contributed by atoms with Gasteiger partial charge in [0.25, 0.3) is 5.91 Å². The number of pyridine rings is 1. The molecule has 1 heterocycles. The van der Waals surface area contributed by atoms with Crippen molar-refractivity contribution in [1.29, 1.82) is 0 Å². The molecule has 4 nitrogen and oxygen atoms in total. The Morgan fingerprint density at radius 3 is 2.94 bits per heavy atom. The van der Waals surface area contributed by atoms with E-state index in [4.69, 9.17) is 4.74 Å². The topological polar surface area (TPSA) is 51.2 Å². The van der Waals surface area contributed by atoms with Gasteiger partial charge < -0.3 is 10.1 Å². The van der Waals surface area contributed by atoms with Crippen molar-refractivity contribution in [2.75, 3.05) is 13.2 Å². The molecular formula is C11H15BrN2O2. The lowest BCUT2D eigenvalue weighted by Gasteiger charge is -2.08. The zero-order chi connectivity index (χ0) is 12.0. The summed E-state index contributed by atoms with van der Waals surface area (Å²) in [6.45, 7) is 4.94. The van der Waals surface area contributed by atoms with E-state index in [1.807, 2.05) is 13.8 Å². The molecule has 0 bridgehead atoms. The van der Waals surface area contributed by atoms with Gasteiger partial charge in [0.1, 0.15) is 0 Å². The molecule has 0 radical (unpaired) electrons. The zero-order valence-electron chi connectivity index (χ0n) is 9.37. The third-order valence-electron chi connectivity index (χ3n) is 1.81. The van der Waals surface area contributed by atoms with Crippen LogP contribution in [0.4, 0.5) is 0 Å². The van der Waals surface area contributed by atoms with Gasteiger partial charge in [-0.05, 0) is 35.8 Å². The number of nitrogens with zero attached hydrogens (tertiary/aromatic N) is 1. The van der Waals surface area contributed by atoms with E-state index in [0.717, 1.165) is 4.47 Å². The number of carbonyl (C=O) groups excluding carboxylic acids is 1. The minimum atomic E-state index is -0.138. The molecule has 16 heavy (non-hydrogen) atoms. The summed E-state index contributed by atoms with van der Waals surface area (Å²) in [6, 6.07) is 1.73. The molecule has 0 spiro atoms. The number of halogens is 1. The predicted molar refractivity (Wildman–Crippen MR) is 65.4 cm³/mol. The second-order valence-electron chi connectivity index (χ2n) is 3.57. The Bertz CT molecular complexity index is 356. The monoisotopic (exact) mass is 286 g/mol. The first-order valence-corrected chi connectivity index (χ1v) is 5.89. The van der Waals surface area contributed by atoms with Crippen LogP contribution in [0.25, 0.3) is 0 Å². The molecule has 1 amide bonds. The Morgan fingerprint density at radius 1 is 1.56 bits per heavy atom. The van der Waals surface area contributed by atoms with Gasteiger partial charge in [-0.2, -0.15) is 0 Å². The van der Waals surface area contributed by atoms with Crippen LogP contribution in [0.5, 0.6) is 0 Å². The van der Waals surface area contributed by atoms with E-state index in [9.17, 15) is 4.79 Å². The molecule has 0 aliphatic carbocycles. The first kappa shape index (κ1) is 13.1. The van der Waals surface area contributed by atoms with Crippen LogP contribution in [-0.2, 0) is 4.74 Å². The third kappa shape index (κ3) is 4.72. The SMILES string of the molecule is CC(C)OCCNC(=O)c1cncc(Br)c1. The van der Waals surface area contributed by atoms with Crippen molar-refractivity contribution in [3.8, 4) is 0 Å². The van der Waals surface area contributed by atoms with E-state index in [1.165, 1.54) is 6.20 Å². The van der Waals surface area contributed by atoms with E-state index in [1.54, 1.807) is 12.3 Å². The van der Waals surface area contributed by atoms with E-state index < -0.39 is 0 Å². The largest absolute Gasteiger partial charge is 0.377 e. The van der Waals surface area contributed by atoms with Crippen molar-refractivity contribution in [3.63, 3.8) is 0 Å². The molecule has 88 valence electrons. The lowest BCUT2D eigenvalue weighted by Crippen LogP contribution is -2.28. The highest BCUT2D eigenvalue weighted by atomic mass is 79.9. The van der Waals surface area contributed by atoms with Crippen LogP contribution < -0.4 is 5.32 Å². The fourth-order valence-corrected chi connectivity index (χ4v) is 1.46. The van der Waals surface area contributed by atoms with Crippen LogP contribution in [0.2, 0.25) is 0 Å². The molecule has 0 fully saturated rings. The molecule has 0 saturated carbocycles. The molecule has 5 heteroatoms. The number of carbonyl (C=O) groups is 1. The number of nitrogens with one attached hydrogen (secondary N) is 1. The van der Waals surface area contributed by atoms with Gasteiger partial charge in [-0.1, -0.05) is 0 Å².